The van der Waals surface area contributed by atoms with Gasteiger partial charge in [0.15, 0.2) is 0 Å². The standard InChI is InChI=1S/C17H23ClFN3O.2ClH/c18-15-2-1-3-16(19)14(15)12-21-6-8-22(9-7-21)17(23)11-20-10-13-4-5-13;;/h1-3,13,20H,4-12H2;2*1H. The SMILES string of the molecule is Cl.Cl.O=C(CNCC1CC1)N1CCN(Cc2c(F)cccc2Cl)CC1. The minimum absolute atomic E-state index is 0. The van der Waals surface area contributed by atoms with Crippen LogP contribution >= 0.6 is 36.4 Å². The summed E-state index contributed by atoms with van der Waals surface area (Å²) < 4.78 is 13.8. The Balaban J connectivity index is 0.00000156. The van der Waals surface area contributed by atoms with Crippen LogP contribution in [0.25, 0.3) is 0 Å². The molecular weight excluding hydrogens is 388 g/mol. The number of amides is 1. The van der Waals surface area contributed by atoms with Gasteiger partial charge in [-0.2, -0.15) is 0 Å². The third-order valence-electron chi connectivity index (χ3n) is 4.57. The molecule has 0 atom stereocenters. The van der Waals surface area contributed by atoms with Crippen molar-refractivity contribution in [1.29, 1.82) is 0 Å². The molecule has 8 heteroatoms. The van der Waals surface area contributed by atoms with Gasteiger partial charge >= 0.3 is 0 Å². The zero-order chi connectivity index (χ0) is 16.2. The number of benzene rings is 1. The summed E-state index contributed by atoms with van der Waals surface area (Å²) in [5, 5.41) is 3.70. The Kier molecular flexibility index (Phi) is 9.46. The van der Waals surface area contributed by atoms with E-state index in [2.05, 4.69) is 10.2 Å². The lowest BCUT2D eigenvalue weighted by atomic mass is 10.2. The monoisotopic (exact) mass is 411 g/mol. The first-order chi connectivity index (χ1) is 11.1. The summed E-state index contributed by atoms with van der Waals surface area (Å²) in [5.74, 6) is 0.680. The maximum atomic E-state index is 13.8. The van der Waals surface area contributed by atoms with Gasteiger partial charge in [0.2, 0.25) is 5.91 Å². The number of carbonyl (C=O) groups excluding carboxylic acids is 1. The molecule has 1 aliphatic carbocycles. The van der Waals surface area contributed by atoms with Gasteiger partial charge in [-0.3, -0.25) is 9.69 Å². The predicted molar refractivity (Wildman–Crippen MR) is 103 cm³/mol. The quantitative estimate of drug-likeness (QED) is 0.780. The van der Waals surface area contributed by atoms with E-state index in [-0.39, 0.29) is 36.5 Å². The Bertz CT molecular complexity index is 544. The molecule has 4 nitrogen and oxygen atoms in total. The molecule has 25 heavy (non-hydrogen) atoms. The second-order valence-electron chi connectivity index (χ2n) is 6.43. The van der Waals surface area contributed by atoms with E-state index < -0.39 is 0 Å². The third kappa shape index (κ3) is 6.57. The number of hydrogen-bond acceptors (Lipinski definition) is 3. The van der Waals surface area contributed by atoms with Gasteiger partial charge in [-0.05, 0) is 37.4 Å². The molecule has 1 amide bonds. The van der Waals surface area contributed by atoms with Crippen LogP contribution in [0.3, 0.4) is 0 Å². The minimum Gasteiger partial charge on any atom is -0.339 e. The van der Waals surface area contributed by atoms with E-state index in [1.54, 1.807) is 12.1 Å². The van der Waals surface area contributed by atoms with Gasteiger partial charge in [0, 0.05) is 43.3 Å². The van der Waals surface area contributed by atoms with Crippen molar-refractivity contribution in [2.75, 3.05) is 39.3 Å². The highest BCUT2D eigenvalue weighted by Gasteiger charge is 2.24. The molecule has 1 aromatic rings. The van der Waals surface area contributed by atoms with Gasteiger partial charge in [0.25, 0.3) is 0 Å². The van der Waals surface area contributed by atoms with Crippen LogP contribution in [0.4, 0.5) is 4.39 Å². The van der Waals surface area contributed by atoms with Gasteiger partial charge in [-0.15, -0.1) is 24.8 Å². The number of rotatable bonds is 6. The number of nitrogens with zero attached hydrogens (tertiary/aromatic N) is 2. The highest BCUT2D eigenvalue weighted by molar-refractivity contribution is 6.31. The van der Waals surface area contributed by atoms with Crippen LogP contribution in [0.1, 0.15) is 18.4 Å². The zero-order valence-corrected chi connectivity index (χ0v) is 16.4. The van der Waals surface area contributed by atoms with E-state index in [0.717, 1.165) is 25.6 Å². The average molecular weight is 413 g/mol. The third-order valence-corrected chi connectivity index (χ3v) is 4.93. The number of hydrogen-bond donors (Lipinski definition) is 1. The fraction of sp³-hybridized carbons (Fsp3) is 0.588. The van der Waals surface area contributed by atoms with Gasteiger partial charge in [-0.25, -0.2) is 4.39 Å². The van der Waals surface area contributed by atoms with Gasteiger partial charge < -0.3 is 10.2 Å². The Labute approximate surface area is 165 Å². The van der Waals surface area contributed by atoms with Gasteiger partial charge in [-0.1, -0.05) is 17.7 Å². The second-order valence-corrected chi connectivity index (χ2v) is 6.84. The number of carbonyl (C=O) groups is 1. The molecule has 1 saturated carbocycles. The summed E-state index contributed by atoms with van der Waals surface area (Å²) in [6, 6.07) is 4.77. The Morgan fingerprint density at radius 2 is 1.88 bits per heavy atom. The predicted octanol–water partition coefficient (Wildman–Crippen LogP) is 2.97. The molecule has 0 spiro atoms. The summed E-state index contributed by atoms with van der Waals surface area (Å²) in [5.41, 5.74) is 0.542. The lowest BCUT2D eigenvalue weighted by molar-refractivity contribution is -0.132. The van der Waals surface area contributed by atoms with Gasteiger partial charge in [0.05, 0.1) is 6.54 Å². The molecule has 3 rings (SSSR count). The molecule has 2 aliphatic rings. The molecule has 2 fully saturated rings. The average Bonchev–Trinajstić information content (AvgIpc) is 3.36. The summed E-state index contributed by atoms with van der Waals surface area (Å²) >= 11 is 6.08. The Morgan fingerprint density at radius 1 is 1.20 bits per heavy atom. The van der Waals surface area contributed by atoms with Crippen molar-refractivity contribution in [3.8, 4) is 0 Å². The normalized spacial score (nSPS) is 17.6. The first-order valence-corrected chi connectivity index (χ1v) is 8.65. The van der Waals surface area contributed by atoms with Crippen LogP contribution in [0.15, 0.2) is 18.2 Å². The summed E-state index contributed by atoms with van der Waals surface area (Å²) in [6.45, 7) is 4.75. The van der Waals surface area contributed by atoms with Crippen LogP contribution in [0.2, 0.25) is 5.02 Å². The molecule has 1 saturated heterocycles. The smallest absolute Gasteiger partial charge is 0.236 e. The van der Waals surface area contributed by atoms with Crippen molar-refractivity contribution in [3.63, 3.8) is 0 Å². The van der Waals surface area contributed by atoms with Crippen LogP contribution in [0.5, 0.6) is 0 Å². The van der Waals surface area contributed by atoms with Crippen LogP contribution in [0, 0.1) is 11.7 Å². The molecule has 0 unspecified atom stereocenters. The van der Waals surface area contributed by atoms with Gasteiger partial charge in [0.1, 0.15) is 5.82 Å². The van der Waals surface area contributed by atoms with Crippen LogP contribution in [-0.2, 0) is 11.3 Å². The molecule has 0 radical (unpaired) electrons. The summed E-state index contributed by atoms with van der Waals surface area (Å²) in [7, 11) is 0. The van der Waals surface area contributed by atoms with E-state index in [9.17, 15) is 9.18 Å². The minimum atomic E-state index is -0.264. The van der Waals surface area contributed by atoms with Crippen molar-refractivity contribution >= 4 is 42.3 Å². The highest BCUT2D eigenvalue weighted by Crippen LogP contribution is 2.27. The zero-order valence-electron chi connectivity index (χ0n) is 14.0. The molecule has 1 aromatic carbocycles. The largest absolute Gasteiger partial charge is 0.339 e. The Morgan fingerprint density at radius 3 is 2.48 bits per heavy atom. The van der Waals surface area contributed by atoms with E-state index in [1.807, 2.05) is 4.90 Å². The second kappa shape index (κ2) is 10.5. The maximum Gasteiger partial charge on any atom is 0.236 e. The molecule has 0 aromatic heterocycles. The Hall–Kier alpha value is -0.590. The van der Waals surface area contributed by atoms with E-state index >= 15 is 0 Å². The molecule has 1 N–H and O–H groups in total. The fourth-order valence-corrected chi connectivity index (χ4v) is 3.10. The highest BCUT2D eigenvalue weighted by atomic mass is 35.5. The lowest BCUT2D eigenvalue weighted by Crippen LogP contribution is -2.50. The van der Waals surface area contributed by atoms with Crippen molar-refractivity contribution in [2.24, 2.45) is 5.92 Å². The topological polar surface area (TPSA) is 35.6 Å². The van der Waals surface area contributed by atoms with Crippen LogP contribution < -0.4 is 5.32 Å². The van der Waals surface area contributed by atoms with E-state index in [4.69, 9.17) is 11.6 Å². The maximum absolute atomic E-state index is 13.8. The summed E-state index contributed by atoms with van der Waals surface area (Å²) in [6.07, 6.45) is 2.58. The van der Waals surface area contributed by atoms with Crippen molar-refractivity contribution in [2.45, 2.75) is 19.4 Å². The van der Waals surface area contributed by atoms with Crippen molar-refractivity contribution in [1.82, 2.24) is 15.1 Å². The molecular formula is C17H25Cl3FN3O. The van der Waals surface area contributed by atoms with Crippen molar-refractivity contribution in [3.05, 3.63) is 34.6 Å². The molecule has 0 bridgehead atoms. The van der Waals surface area contributed by atoms with E-state index in [0.29, 0.717) is 36.8 Å². The first-order valence-electron chi connectivity index (χ1n) is 8.27. The van der Waals surface area contributed by atoms with Crippen molar-refractivity contribution < 1.29 is 9.18 Å². The number of halogens is 4. The molecule has 1 aliphatic heterocycles. The van der Waals surface area contributed by atoms with E-state index in [1.165, 1.54) is 18.9 Å². The fourth-order valence-electron chi connectivity index (χ4n) is 2.88. The number of nitrogens with one attached hydrogen (secondary N) is 1. The lowest BCUT2D eigenvalue weighted by Gasteiger charge is -2.35. The van der Waals surface area contributed by atoms with Crippen LogP contribution in [-0.4, -0.2) is 55.0 Å². The first kappa shape index (κ1) is 22.5. The number of piperazine rings is 1. The summed E-state index contributed by atoms with van der Waals surface area (Å²) in [4.78, 5) is 16.2. The molecule has 1 heterocycles. The molecule has 142 valence electrons.